The Balaban J connectivity index is 1.33. The minimum absolute atomic E-state index is 0.267. The highest BCUT2D eigenvalue weighted by Crippen LogP contribution is 2.36. The molecule has 2 aromatic rings. The van der Waals surface area contributed by atoms with Gasteiger partial charge in [-0.3, -0.25) is 4.68 Å². The normalized spacial score (nSPS) is 21.8. The highest BCUT2D eigenvalue weighted by atomic mass is 32.2. The van der Waals surface area contributed by atoms with Gasteiger partial charge in [0.15, 0.2) is 0 Å². The maximum absolute atomic E-state index is 12.8. The zero-order chi connectivity index (χ0) is 18.1. The molecule has 5 nitrogen and oxygen atoms in total. The van der Waals surface area contributed by atoms with Crippen LogP contribution in [0.15, 0.2) is 36.7 Å². The van der Waals surface area contributed by atoms with Crippen LogP contribution in [0.1, 0.15) is 54.2 Å². The Morgan fingerprint density at radius 3 is 2.65 bits per heavy atom. The van der Waals surface area contributed by atoms with Crippen LogP contribution in [0.25, 0.3) is 0 Å². The summed E-state index contributed by atoms with van der Waals surface area (Å²) in [6.45, 7) is 1.26. The lowest BCUT2D eigenvalue weighted by molar-refractivity contribution is 0.319. The Hall–Kier alpha value is -1.66. The van der Waals surface area contributed by atoms with Gasteiger partial charge in [0.05, 0.1) is 11.9 Å². The summed E-state index contributed by atoms with van der Waals surface area (Å²) in [6.07, 6.45) is 8.63. The van der Waals surface area contributed by atoms with E-state index in [-0.39, 0.29) is 5.75 Å². The molecule has 1 aromatic carbocycles. The van der Waals surface area contributed by atoms with Gasteiger partial charge in [-0.1, -0.05) is 24.3 Å². The lowest BCUT2D eigenvalue weighted by atomic mass is 9.93. The van der Waals surface area contributed by atoms with Gasteiger partial charge in [-0.2, -0.15) is 5.10 Å². The SMILES string of the molecule is Cn1cc(C2CCN(S(=O)(=O)CCC3CCc4ccccc43)CC2)cn1. The fourth-order valence-electron chi connectivity index (χ4n) is 4.48. The number of nitrogens with zero attached hydrogens (tertiary/aromatic N) is 3. The fraction of sp³-hybridized carbons (Fsp3) is 0.550. The second kappa shape index (κ2) is 7.16. The molecule has 1 aliphatic heterocycles. The predicted octanol–water partition coefficient (Wildman–Crippen LogP) is 3.05. The molecule has 0 radical (unpaired) electrons. The van der Waals surface area contributed by atoms with Crippen LogP contribution in [0.2, 0.25) is 0 Å². The molecule has 0 spiro atoms. The summed E-state index contributed by atoms with van der Waals surface area (Å²) in [7, 11) is -1.24. The van der Waals surface area contributed by atoms with Crippen LogP contribution in [0.3, 0.4) is 0 Å². The standard InChI is InChI=1S/C20H27N3O2S/c1-22-15-19(14-21-22)16-8-11-23(12-9-16)26(24,25)13-10-18-7-6-17-4-2-3-5-20(17)18/h2-5,14-16,18H,6-13H2,1H3. The van der Waals surface area contributed by atoms with Crippen molar-refractivity contribution in [2.24, 2.45) is 7.05 Å². The van der Waals surface area contributed by atoms with Gasteiger partial charge in [-0.25, -0.2) is 12.7 Å². The van der Waals surface area contributed by atoms with Gasteiger partial charge >= 0.3 is 0 Å². The predicted molar refractivity (Wildman–Crippen MR) is 103 cm³/mol. The number of hydrogen-bond donors (Lipinski definition) is 0. The molecular formula is C20H27N3O2S. The fourth-order valence-corrected chi connectivity index (χ4v) is 6.09. The van der Waals surface area contributed by atoms with Crippen molar-refractivity contribution in [2.75, 3.05) is 18.8 Å². The molecule has 1 atom stereocenters. The van der Waals surface area contributed by atoms with Crippen molar-refractivity contribution in [3.8, 4) is 0 Å². The molecule has 0 bridgehead atoms. The summed E-state index contributed by atoms with van der Waals surface area (Å²) in [5, 5.41) is 4.24. The average molecular weight is 374 g/mol. The third-order valence-electron chi connectivity index (χ3n) is 6.02. The molecule has 1 fully saturated rings. The van der Waals surface area contributed by atoms with Crippen LogP contribution in [-0.2, 0) is 23.5 Å². The summed E-state index contributed by atoms with van der Waals surface area (Å²) in [5.74, 6) is 1.09. The number of aromatic nitrogens is 2. The summed E-state index contributed by atoms with van der Waals surface area (Å²) in [5.41, 5.74) is 3.98. The van der Waals surface area contributed by atoms with E-state index >= 15 is 0 Å². The Kier molecular flexibility index (Phi) is 4.88. The molecule has 2 aliphatic rings. The number of sulfonamides is 1. The zero-order valence-corrected chi connectivity index (χ0v) is 16.2. The van der Waals surface area contributed by atoms with E-state index < -0.39 is 10.0 Å². The maximum atomic E-state index is 12.8. The first kappa shape index (κ1) is 17.7. The van der Waals surface area contributed by atoms with Gasteiger partial charge in [0.25, 0.3) is 0 Å². The molecule has 26 heavy (non-hydrogen) atoms. The average Bonchev–Trinajstić information content (AvgIpc) is 3.26. The van der Waals surface area contributed by atoms with Gasteiger partial charge < -0.3 is 0 Å². The second-order valence-electron chi connectivity index (χ2n) is 7.66. The van der Waals surface area contributed by atoms with Crippen molar-refractivity contribution in [1.82, 2.24) is 14.1 Å². The molecule has 0 amide bonds. The van der Waals surface area contributed by atoms with Crippen molar-refractivity contribution in [1.29, 1.82) is 0 Å². The third kappa shape index (κ3) is 3.58. The monoisotopic (exact) mass is 373 g/mol. The molecule has 4 rings (SSSR count). The maximum Gasteiger partial charge on any atom is 0.214 e. The first-order valence-electron chi connectivity index (χ1n) is 9.57. The van der Waals surface area contributed by atoms with E-state index in [1.54, 1.807) is 4.31 Å². The lowest BCUT2D eigenvalue weighted by Gasteiger charge is -2.31. The number of aryl methyl sites for hydroxylation is 2. The molecular weight excluding hydrogens is 346 g/mol. The van der Waals surface area contributed by atoms with Gasteiger partial charge in [0.1, 0.15) is 0 Å². The van der Waals surface area contributed by atoms with Gasteiger partial charge in [-0.15, -0.1) is 0 Å². The van der Waals surface area contributed by atoms with Crippen LogP contribution in [0.4, 0.5) is 0 Å². The van der Waals surface area contributed by atoms with E-state index in [1.807, 2.05) is 24.1 Å². The quantitative estimate of drug-likeness (QED) is 0.809. The van der Waals surface area contributed by atoms with Gasteiger partial charge in [-0.05, 0) is 60.6 Å². The van der Waals surface area contributed by atoms with Crippen LogP contribution in [0.5, 0.6) is 0 Å². The third-order valence-corrected chi connectivity index (χ3v) is 7.93. The van der Waals surface area contributed by atoms with Crippen molar-refractivity contribution in [3.05, 3.63) is 53.3 Å². The molecule has 6 heteroatoms. The molecule has 1 aromatic heterocycles. The summed E-state index contributed by atoms with van der Waals surface area (Å²) < 4.78 is 29.1. The van der Waals surface area contributed by atoms with Gasteiger partial charge in [0, 0.05) is 26.3 Å². The first-order chi connectivity index (χ1) is 12.5. The Labute approximate surface area is 156 Å². The van der Waals surface area contributed by atoms with Crippen molar-refractivity contribution < 1.29 is 8.42 Å². The van der Waals surface area contributed by atoms with Crippen LogP contribution in [0, 0.1) is 0 Å². The molecule has 140 valence electrons. The minimum Gasteiger partial charge on any atom is -0.276 e. The number of hydrogen-bond acceptors (Lipinski definition) is 3. The van der Waals surface area contributed by atoms with E-state index in [9.17, 15) is 8.42 Å². The summed E-state index contributed by atoms with van der Waals surface area (Å²) >= 11 is 0. The van der Waals surface area contributed by atoms with E-state index in [4.69, 9.17) is 0 Å². The highest BCUT2D eigenvalue weighted by Gasteiger charge is 2.30. The van der Waals surface area contributed by atoms with Crippen molar-refractivity contribution >= 4 is 10.0 Å². The summed E-state index contributed by atoms with van der Waals surface area (Å²) in [4.78, 5) is 0. The Bertz CT molecular complexity index is 867. The Morgan fingerprint density at radius 2 is 1.92 bits per heavy atom. The molecule has 2 heterocycles. The summed E-state index contributed by atoms with van der Waals surface area (Å²) in [6, 6.07) is 8.48. The number of fused-ring (bicyclic) bond motifs is 1. The van der Waals surface area contributed by atoms with E-state index in [0.717, 1.165) is 32.1 Å². The van der Waals surface area contributed by atoms with E-state index in [2.05, 4.69) is 29.4 Å². The minimum atomic E-state index is -3.16. The van der Waals surface area contributed by atoms with Crippen LogP contribution in [-0.4, -0.2) is 41.3 Å². The van der Waals surface area contributed by atoms with Crippen molar-refractivity contribution in [3.63, 3.8) is 0 Å². The number of rotatable bonds is 5. The topological polar surface area (TPSA) is 55.2 Å². The molecule has 0 N–H and O–H groups in total. The molecule has 1 unspecified atom stereocenters. The molecule has 1 saturated heterocycles. The van der Waals surface area contributed by atoms with Crippen LogP contribution >= 0.6 is 0 Å². The van der Waals surface area contributed by atoms with Gasteiger partial charge in [0.2, 0.25) is 10.0 Å². The zero-order valence-electron chi connectivity index (χ0n) is 15.3. The Morgan fingerprint density at radius 1 is 1.15 bits per heavy atom. The van der Waals surface area contributed by atoms with E-state index in [0.29, 0.717) is 24.9 Å². The molecule has 0 saturated carbocycles. The van der Waals surface area contributed by atoms with Crippen molar-refractivity contribution in [2.45, 2.75) is 43.9 Å². The smallest absolute Gasteiger partial charge is 0.214 e. The lowest BCUT2D eigenvalue weighted by Crippen LogP contribution is -2.39. The molecule has 1 aliphatic carbocycles. The highest BCUT2D eigenvalue weighted by molar-refractivity contribution is 7.89. The first-order valence-corrected chi connectivity index (χ1v) is 11.2. The second-order valence-corrected chi connectivity index (χ2v) is 9.75. The van der Waals surface area contributed by atoms with Crippen LogP contribution < -0.4 is 0 Å². The number of piperidine rings is 1. The number of benzene rings is 1. The largest absolute Gasteiger partial charge is 0.276 e. The van der Waals surface area contributed by atoms with E-state index in [1.165, 1.54) is 16.7 Å².